The third-order valence-corrected chi connectivity index (χ3v) is 3.57. The first-order valence-electron chi connectivity index (χ1n) is 4.79. The van der Waals surface area contributed by atoms with E-state index in [9.17, 15) is 9.59 Å². The Hall–Kier alpha value is -0.710. The zero-order chi connectivity index (χ0) is 11.8. The molecular weight excluding hydrogens is 216 g/mol. The first-order chi connectivity index (χ1) is 7.02. The van der Waals surface area contributed by atoms with Crippen LogP contribution in [0.4, 0.5) is 0 Å². The Labute approximate surface area is 94.7 Å². The molecule has 0 radical (unpaired) electrons. The van der Waals surface area contributed by atoms with Crippen LogP contribution in [0.25, 0.3) is 0 Å². The van der Waals surface area contributed by atoms with Gasteiger partial charge in [0, 0.05) is 11.0 Å². The highest BCUT2D eigenvalue weighted by molar-refractivity contribution is 7.99. The molecule has 2 unspecified atom stereocenters. The van der Waals surface area contributed by atoms with Crippen molar-refractivity contribution in [2.45, 2.75) is 25.5 Å². The number of carbonyl (C=O) groups excluding carboxylic acids is 2. The van der Waals surface area contributed by atoms with E-state index in [0.29, 0.717) is 12.2 Å². The smallest absolute Gasteiger partial charge is 0.309 e. The molecule has 15 heavy (non-hydrogen) atoms. The van der Waals surface area contributed by atoms with Crippen molar-refractivity contribution in [2.24, 2.45) is 5.92 Å². The highest BCUT2D eigenvalue weighted by Crippen LogP contribution is 2.20. The number of esters is 2. The molecule has 5 heteroatoms. The van der Waals surface area contributed by atoms with Gasteiger partial charge in [-0.2, -0.15) is 11.8 Å². The van der Waals surface area contributed by atoms with Gasteiger partial charge in [0.1, 0.15) is 0 Å². The monoisotopic (exact) mass is 234 g/mol. The minimum atomic E-state index is -0.222. The van der Waals surface area contributed by atoms with Crippen molar-refractivity contribution in [3.8, 4) is 0 Å². The van der Waals surface area contributed by atoms with Gasteiger partial charge in [-0.25, -0.2) is 0 Å². The molecule has 0 bridgehead atoms. The van der Waals surface area contributed by atoms with Crippen molar-refractivity contribution >= 4 is 23.7 Å². The Morgan fingerprint density at radius 3 is 2.27 bits per heavy atom. The van der Waals surface area contributed by atoms with Crippen LogP contribution in [0.15, 0.2) is 0 Å². The van der Waals surface area contributed by atoms with Crippen molar-refractivity contribution in [3.05, 3.63) is 0 Å². The fourth-order valence-electron chi connectivity index (χ4n) is 0.952. The Morgan fingerprint density at radius 1 is 1.20 bits per heavy atom. The Kier molecular flexibility index (Phi) is 7.21. The molecule has 0 aromatic rings. The average molecular weight is 234 g/mol. The SMILES string of the molecule is COC(=O)CCSC(C)C(C)C(=O)OC. The van der Waals surface area contributed by atoms with Gasteiger partial charge >= 0.3 is 11.9 Å². The van der Waals surface area contributed by atoms with E-state index in [2.05, 4.69) is 9.47 Å². The third kappa shape index (κ3) is 5.67. The van der Waals surface area contributed by atoms with Crippen molar-refractivity contribution in [1.29, 1.82) is 0 Å². The predicted molar refractivity (Wildman–Crippen MR) is 59.7 cm³/mol. The molecule has 0 rings (SSSR count). The van der Waals surface area contributed by atoms with Gasteiger partial charge in [0.05, 0.1) is 26.6 Å². The number of hydrogen-bond acceptors (Lipinski definition) is 5. The molecule has 0 N–H and O–H groups in total. The summed E-state index contributed by atoms with van der Waals surface area (Å²) in [6, 6.07) is 0. The molecule has 0 amide bonds. The minimum Gasteiger partial charge on any atom is -0.469 e. The molecule has 4 nitrogen and oxygen atoms in total. The molecule has 0 aromatic carbocycles. The average Bonchev–Trinajstić information content (AvgIpc) is 2.26. The van der Waals surface area contributed by atoms with E-state index in [1.807, 2.05) is 13.8 Å². The second-order valence-corrected chi connectivity index (χ2v) is 4.70. The molecule has 2 atom stereocenters. The van der Waals surface area contributed by atoms with Gasteiger partial charge in [-0.3, -0.25) is 9.59 Å². The Balaban J connectivity index is 3.78. The van der Waals surface area contributed by atoms with Gasteiger partial charge in [-0.15, -0.1) is 0 Å². The molecular formula is C10H18O4S. The highest BCUT2D eigenvalue weighted by atomic mass is 32.2. The summed E-state index contributed by atoms with van der Waals surface area (Å²) in [5, 5.41) is 0.141. The lowest BCUT2D eigenvalue weighted by Crippen LogP contribution is -2.22. The first kappa shape index (κ1) is 14.3. The summed E-state index contributed by atoms with van der Waals surface area (Å²) in [7, 11) is 2.75. The quantitative estimate of drug-likeness (QED) is 0.652. The highest BCUT2D eigenvalue weighted by Gasteiger charge is 2.21. The van der Waals surface area contributed by atoms with Gasteiger partial charge in [-0.05, 0) is 0 Å². The Bertz CT molecular complexity index is 217. The summed E-state index contributed by atoms with van der Waals surface area (Å²) < 4.78 is 9.16. The van der Waals surface area contributed by atoms with Crippen LogP contribution >= 0.6 is 11.8 Å². The van der Waals surface area contributed by atoms with Gasteiger partial charge in [-0.1, -0.05) is 13.8 Å². The van der Waals surface area contributed by atoms with E-state index in [0.717, 1.165) is 0 Å². The van der Waals surface area contributed by atoms with E-state index >= 15 is 0 Å². The minimum absolute atomic E-state index is 0.141. The molecule has 0 heterocycles. The van der Waals surface area contributed by atoms with Crippen molar-refractivity contribution in [1.82, 2.24) is 0 Å². The summed E-state index contributed by atoms with van der Waals surface area (Å²) in [5.74, 6) is 0.0703. The van der Waals surface area contributed by atoms with E-state index in [1.165, 1.54) is 14.2 Å². The van der Waals surface area contributed by atoms with E-state index in [4.69, 9.17) is 0 Å². The molecule has 0 fully saturated rings. The second kappa shape index (κ2) is 7.56. The van der Waals surface area contributed by atoms with Crippen LogP contribution in [0.5, 0.6) is 0 Å². The van der Waals surface area contributed by atoms with Gasteiger partial charge in [0.15, 0.2) is 0 Å². The molecule has 0 saturated heterocycles. The summed E-state index contributed by atoms with van der Waals surface area (Å²) >= 11 is 1.57. The summed E-state index contributed by atoms with van der Waals surface area (Å²) in [6.07, 6.45) is 0.374. The van der Waals surface area contributed by atoms with Gasteiger partial charge in [0.25, 0.3) is 0 Å². The number of methoxy groups -OCH3 is 2. The van der Waals surface area contributed by atoms with Crippen LogP contribution in [0, 0.1) is 5.92 Å². The van der Waals surface area contributed by atoms with E-state index in [1.54, 1.807) is 11.8 Å². The maximum Gasteiger partial charge on any atom is 0.309 e. The summed E-state index contributed by atoms with van der Waals surface area (Å²) in [4.78, 5) is 22.0. The van der Waals surface area contributed by atoms with Crippen LogP contribution < -0.4 is 0 Å². The van der Waals surface area contributed by atoms with Gasteiger partial charge < -0.3 is 9.47 Å². The third-order valence-electron chi connectivity index (χ3n) is 2.19. The molecule has 88 valence electrons. The maximum atomic E-state index is 11.2. The van der Waals surface area contributed by atoms with Crippen LogP contribution in [-0.4, -0.2) is 37.2 Å². The van der Waals surface area contributed by atoms with Crippen molar-refractivity contribution < 1.29 is 19.1 Å². The molecule has 0 saturated carbocycles. The lowest BCUT2D eigenvalue weighted by molar-refractivity contribution is -0.144. The zero-order valence-electron chi connectivity index (χ0n) is 9.61. The predicted octanol–water partition coefficient (Wildman–Crippen LogP) is 1.48. The number of hydrogen-bond donors (Lipinski definition) is 0. The summed E-state index contributed by atoms with van der Waals surface area (Å²) in [5.41, 5.74) is 0. The van der Waals surface area contributed by atoms with E-state index in [-0.39, 0.29) is 23.1 Å². The second-order valence-electron chi connectivity index (χ2n) is 3.21. The fourth-order valence-corrected chi connectivity index (χ4v) is 2.01. The first-order valence-corrected chi connectivity index (χ1v) is 5.84. The lowest BCUT2D eigenvalue weighted by Gasteiger charge is -2.16. The molecule has 0 spiro atoms. The molecule has 0 aliphatic heterocycles. The number of rotatable bonds is 6. The molecule has 0 aromatic heterocycles. The maximum absolute atomic E-state index is 11.2. The number of thioether (sulfide) groups is 1. The molecule has 0 aliphatic rings. The van der Waals surface area contributed by atoms with Crippen LogP contribution in [0.2, 0.25) is 0 Å². The van der Waals surface area contributed by atoms with Gasteiger partial charge in [0.2, 0.25) is 0 Å². The number of ether oxygens (including phenoxy) is 2. The van der Waals surface area contributed by atoms with Crippen LogP contribution in [-0.2, 0) is 19.1 Å². The number of carbonyl (C=O) groups is 2. The molecule has 0 aliphatic carbocycles. The van der Waals surface area contributed by atoms with Crippen LogP contribution in [0.3, 0.4) is 0 Å². The largest absolute Gasteiger partial charge is 0.469 e. The van der Waals surface area contributed by atoms with E-state index < -0.39 is 0 Å². The standard InChI is InChI=1S/C10H18O4S/c1-7(10(12)14-4)8(2)15-6-5-9(11)13-3/h7-8H,5-6H2,1-4H3. The normalized spacial score (nSPS) is 14.1. The summed E-state index contributed by atoms with van der Waals surface area (Å²) in [6.45, 7) is 3.77. The zero-order valence-corrected chi connectivity index (χ0v) is 10.4. The lowest BCUT2D eigenvalue weighted by atomic mass is 10.1. The van der Waals surface area contributed by atoms with Crippen molar-refractivity contribution in [2.75, 3.05) is 20.0 Å². The van der Waals surface area contributed by atoms with Crippen LogP contribution in [0.1, 0.15) is 20.3 Å². The Morgan fingerprint density at radius 2 is 1.80 bits per heavy atom. The van der Waals surface area contributed by atoms with Crippen molar-refractivity contribution in [3.63, 3.8) is 0 Å². The topological polar surface area (TPSA) is 52.6 Å². The fraction of sp³-hybridized carbons (Fsp3) is 0.800.